The summed E-state index contributed by atoms with van der Waals surface area (Å²) in [7, 11) is 0. The lowest BCUT2D eigenvalue weighted by Crippen LogP contribution is -2.39. The van der Waals surface area contributed by atoms with Gasteiger partial charge >= 0.3 is 6.18 Å². The molecule has 21 heavy (non-hydrogen) atoms. The van der Waals surface area contributed by atoms with E-state index < -0.39 is 11.9 Å². The van der Waals surface area contributed by atoms with E-state index in [2.05, 4.69) is 20.2 Å². The second-order valence-electron chi connectivity index (χ2n) is 4.48. The average molecular weight is 306 g/mol. The van der Waals surface area contributed by atoms with E-state index in [9.17, 15) is 13.2 Å². The third-order valence-corrected chi connectivity index (χ3v) is 2.98. The van der Waals surface area contributed by atoms with Gasteiger partial charge in [-0.2, -0.15) is 18.2 Å². The number of rotatable bonds is 5. The van der Waals surface area contributed by atoms with Crippen LogP contribution in [0.1, 0.15) is 5.69 Å². The number of aromatic nitrogens is 2. The Morgan fingerprint density at radius 2 is 2.00 bits per heavy atom. The first-order chi connectivity index (χ1) is 9.99. The van der Waals surface area contributed by atoms with Crippen molar-refractivity contribution in [1.82, 2.24) is 14.9 Å². The molecule has 0 bridgehead atoms. The van der Waals surface area contributed by atoms with Crippen molar-refractivity contribution in [2.75, 3.05) is 50.1 Å². The van der Waals surface area contributed by atoms with Crippen molar-refractivity contribution in [3.8, 4) is 0 Å². The maximum atomic E-state index is 12.7. The number of morpholine rings is 1. The maximum absolute atomic E-state index is 12.7. The van der Waals surface area contributed by atoms with Crippen molar-refractivity contribution in [3.63, 3.8) is 0 Å². The van der Waals surface area contributed by atoms with E-state index in [1.54, 1.807) is 0 Å². The molecule has 1 fully saturated rings. The van der Waals surface area contributed by atoms with Crippen molar-refractivity contribution in [2.24, 2.45) is 5.84 Å². The smallest absolute Gasteiger partial charge is 0.379 e. The molecule has 1 aliphatic rings. The molecule has 1 saturated heterocycles. The standard InChI is InChI=1S/C11H17F3N6O/c12-11(13,14)8-7-9(18-10(17-8)19-15)16-1-2-20-3-5-21-6-4-20/h7H,1-6,15H2,(H2,16,17,18,19). The van der Waals surface area contributed by atoms with Crippen LogP contribution in [-0.4, -0.2) is 54.3 Å². The van der Waals surface area contributed by atoms with Crippen LogP contribution in [0.4, 0.5) is 24.9 Å². The predicted molar refractivity (Wildman–Crippen MR) is 70.6 cm³/mol. The molecular formula is C11H17F3N6O. The Morgan fingerprint density at radius 3 is 2.62 bits per heavy atom. The summed E-state index contributed by atoms with van der Waals surface area (Å²) in [5.41, 5.74) is 0.988. The summed E-state index contributed by atoms with van der Waals surface area (Å²) in [6.07, 6.45) is -4.55. The third kappa shape index (κ3) is 4.69. The van der Waals surface area contributed by atoms with E-state index in [-0.39, 0.29) is 11.8 Å². The fourth-order valence-corrected chi connectivity index (χ4v) is 1.91. The van der Waals surface area contributed by atoms with E-state index >= 15 is 0 Å². The lowest BCUT2D eigenvalue weighted by atomic mass is 10.3. The van der Waals surface area contributed by atoms with Gasteiger partial charge in [-0.05, 0) is 0 Å². The summed E-state index contributed by atoms with van der Waals surface area (Å²) < 4.78 is 43.3. The van der Waals surface area contributed by atoms with Crippen LogP contribution in [0, 0.1) is 0 Å². The van der Waals surface area contributed by atoms with Crippen molar-refractivity contribution in [1.29, 1.82) is 0 Å². The van der Waals surface area contributed by atoms with Crippen LogP contribution in [0.5, 0.6) is 0 Å². The molecule has 7 nitrogen and oxygen atoms in total. The zero-order valence-corrected chi connectivity index (χ0v) is 11.3. The molecule has 1 aromatic heterocycles. The van der Waals surface area contributed by atoms with Crippen LogP contribution in [0.3, 0.4) is 0 Å². The normalized spacial score (nSPS) is 16.8. The minimum atomic E-state index is -4.55. The van der Waals surface area contributed by atoms with Crippen molar-refractivity contribution >= 4 is 11.8 Å². The van der Waals surface area contributed by atoms with Crippen LogP contribution in [0.25, 0.3) is 0 Å². The minimum Gasteiger partial charge on any atom is -0.379 e. The van der Waals surface area contributed by atoms with Gasteiger partial charge in [0, 0.05) is 32.2 Å². The molecular weight excluding hydrogens is 289 g/mol. The molecule has 0 amide bonds. The van der Waals surface area contributed by atoms with Crippen LogP contribution in [0.2, 0.25) is 0 Å². The molecule has 0 unspecified atom stereocenters. The summed E-state index contributed by atoms with van der Waals surface area (Å²) >= 11 is 0. The number of hydrogen-bond acceptors (Lipinski definition) is 7. The number of nitrogens with zero attached hydrogens (tertiary/aromatic N) is 3. The Hall–Kier alpha value is -1.65. The second-order valence-corrected chi connectivity index (χ2v) is 4.48. The molecule has 0 atom stereocenters. The number of anilines is 2. The largest absolute Gasteiger partial charge is 0.433 e. The average Bonchev–Trinajstić information content (AvgIpc) is 2.47. The lowest BCUT2D eigenvalue weighted by molar-refractivity contribution is -0.141. The van der Waals surface area contributed by atoms with Gasteiger partial charge in [-0.25, -0.2) is 10.8 Å². The number of nitrogens with one attached hydrogen (secondary N) is 2. The van der Waals surface area contributed by atoms with Gasteiger partial charge in [-0.3, -0.25) is 10.3 Å². The number of hydrogen-bond donors (Lipinski definition) is 3. The monoisotopic (exact) mass is 306 g/mol. The molecule has 0 aliphatic carbocycles. The fourth-order valence-electron chi connectivity index (χ4n) is 1.91. The van der Waals surface area contributed by atoms with Crippen LogP contribution in [-0.2, 0) is 10.9 Å². The van der Waals surface area contributed by atoms with Gasteiger partial charge in [-0.1, -0.05) is 0 Å². The van der Waals surface area contributed by atoms with Gasteiger partial charge in [0.15, 0.2) is 5.69 Å². The maximum Gasteiger partial charge on any atom is 0.433 e. The molecule has 2 heterocycles. The van der Waals surface area contributed by atoms with Crippen LogP contribution >= 0.6 is 0 Å². The summed E-state index contributed by atoms with van der Waals surface area (Å²) in [4.78, 5) is 9.29. The molecule has 10 heteroatoms. The lowest BCUT2D eigenvalue weighted by Gasteiger charge is -2.26. The van der Waals surface area contributed by atoms with Gasteiger partial charge in [0.25, 0.3) is 0 Å². The van der Waals surface area contributed by atoms with Gasteiger partial charge in [0.2, 0.25) is 5.95 Å². The topological polar surface area (TPSA) is 88.3 Å². The Balaban J connectivity index is 1.95. The van der Waals surface area contributed by atoms with Crippen molar-refractivity contribution < 1.29 is 17.9 Å². The first-order valence-corrected chi connectivity index (χ1v) is 6.46. The van der Waals surface area contributed by atoms with Crippen LogP contribution < -0.4 is 16.6 Å². The molecule has 1 aliphatic heterocycles. The number of halogens is 3. The molecule has 4 N–H and O–H groups in total. The van der Waals surface area contributed by atoms with Gasteiger partial charge in [-0.15, -0.1) is 0 Å². The zero-order chi connectivity index (χ0) is 15.3. The Kier molecular flexibility index (Phi) is 5.15. The zero-order valence-electron chi connectivity index (χ0n) is 11.3. The SMILES string of the molecule is NNc1nc(NCCN2CCOCC2)cc(C(F)(F)F)n1. The number of nitrogens with two attached hydrogens (primary N) is 1. The highest BCUT2D eigenvalue weighted by molar-refractivity contribution is 5.42. The molecule has 1 aromatic rings. The summed E-state index contributed by atoms with van der Waals surface area (Å²) in [5.74, 6) is 4.89. The molecule has 0 radical (unpaired) electrons. The fraction of sp³-hybridized carbons (Fsp3) is 0.636. The van der Waals surface area contributed by atoms with E-state index in [1.165, 1.54) is 0 Å². The van der Waals surface area contributed by atoms with Gasteiger partial charge in [0.05, 0.1) is 13.2 Å². The number of ether oxygens (including phenoxy) is 1. The van der Waals surface area contributed by atoms with E-state index in [1.807, 2.05) is 5.43 Å². The number of alkyl halides is 3. The van der Waals surface area contributed by atoms with E-state index in [4.69, 9.17) is 10.6 Å². The van der Waals surface area contributed by atoms with E-state index in [0.29, 0.717) is 26.3 Å². The number of hydrazine groups is 1. The highest BCUT2D eigenvalue weighted by Crippen LogP contribution is 2.29. The molecule has 0 saturated carbocycles. The van der Waals surface area contributed by atoms with Crippen LogP contribution in [0.15, 0.2) is 6.07 Å². The van der Waals surface area contributed by atoms with Crippen molar-refractivity contribution in [2.45, 2.75) is 6.18 Å². The molecule has 0 aromatic carbocycles. The quantitative estimate of drug-likeness (QED) is 0.540. The Bertz CT molecular complexity index is 464. The van der Waals surface area contributed by atoms with Crippen molar-refractivity contribution in [3.05, 3.63) is 11.8 Å². The predicted octanol–water partition coefficient (Wildman–Crippen LogP) is 0.525. The number of nitrogen functional groups attached to an aromatic ring is 1. The highest BCUT2D eigenvalue weighted by Gasteiger charge is 2.33. The first kappa shape index (κ1) is 15.7. The highest BCUT2D eigenvalue weighted by atomic mass is 19.4. The molecule has 2 rings (SSSR count). The third-order valence-electron chi connectivity index (χ3n) is 2.98. The molecule has 118 valence electrons. The first-order valence-electron chi connectivity index (χ1n) is 6.46. The summed E-state index contributed by atoms with van der Waals surface area (Å²) in [6.45, 7) is 4.14. The van der Waals surface area contributed by atoms with Gasteiger partial charge < -0.3 is 10.1 Å². The van der Waals surface area contributed by atoms with E-state index in [0.717, 1.165) is 19.2 Å². The summed E-state index contributed by atoms with van der Waals surface area (Å²) in [5, 5.41) is 2.85. The summed E-state index contributed by atoms with van der Waals surface area (Å²) in [6, 6.07) is 0.861. The minimum absolute atomic E-state index is 0.0820. The molecule has 0 spiro atoms. The second kappa shape index (κ2) is 6.87. The Morgan fingerprint density at radius 1 is 1.29 bits per heavy atom. The van der Waals surface area contributed by atoms with Gasteiger partial charge in [0.1, 0.15) is 5.82 Å². The Labute approximate surface area is 119 Å².